The maximum Gasteiger partial charge on any atom is 0.236 e. The molecule has 3 rings (SSSR count). The lowest BCUT2D eigenvalue weighted by atomic mass is 9.84. The van der Waals surface area contributed by atoms with Crippen molar-refractivity contribution in [3.8, 4) is 0 Å². The highest BCUT2D eigenvalue weighted by Gasteiger charge is 2.32. The molecule has 3 fully saturated rings. The molecule has 6 nitrogen and oxygen atoms in total. The molecule has 0 radical (unpaired) electrons. The Morgan fingerprint density at radius 1 is 0.905 bits per heavy atom. The van der Waals surface area contributed by atoms with E-state index < -0.39 is 0 Å². The zero-order chi connectivity index (χ0) is 14.7. The van der Waals surface area contributed by atoms with Crippen LogP contribution in [0.3, 0.4) is 0 Å². The summed E-state index contributed by atoms with van der Waals surface area (Å²) in [5.74, 6) is 0.759. The number of hydrogen-bond donors (Lipinski definition) is 0. The molecule has 21 heavy (non-hydrogen) atoms. The van der Waals surface area contributed by atoms with Gasteiger partial charge in [0.1, 0.15) is 0 Å². The SMILES string of the molecule is O=C(CN1CCOCC1)N1CCN(C(=O)C2CCC2)CC1. The van der Waals surface area contributed by atoms with Gasteiger partial charge in [-0.05, 0) is 12.8 Å². The summed E-state index contributed by atoms with van der Waals surface area (Å²) < 4.78 is 5.29. The Morgan fingerprint density at radius 3 is 2.10 bits per heavy atom. The van der Waals surface area contributed by atoms with Crippen molar-refractivity contribution in [2.75, 3.05) is 59.0 Å². The molecule has 0 bridgehead atoms. The predicted octanol–water partition coefficient (Wildman–Crippen LogP) is -0.210. The lowest BCUT2D eigenvalue weighted by Gasteiger charge is -2.39. The number of nitrogens with zero attached hydrogens (tertiary/aromatic N) is 3. The van der Waals surface area contributed by atoms with Crippen LogP contribution < -0.4 is 0 Å². The van der Waals surface area contributed by atoms with E-state index in [9.17, 15) is 9.59 Å². The molecule has 1 saturated carbocycles. The van der Waals surface area contributed by atoms with E-state index in [0.29, 0.717) is 38.6 Å². The summed E-state index contributed by atoms with van der Waals surface area (Å²) in [6.07, 6.45) is 3.29. The summed E-state index contributed by atoms with van der Waals surface area (Å²) in [4.78, 5) is 30.5. The average molecular weight is 295 g/mol. The monoisotopic (exact) mass is 295 g/mol. The van der Waals surface area contributed by atoms with E-state index in [1.807, 2.05) is 9.80 Å². The second-order valence-corrected chi connectivity index (χ2v) is 6.22. The maximum atomic E-state index is 12.3. The lowest BCUT2D eigenvalue weighted by Crippen LogP contribution is -2.54. The van der Waals surface area contributed by atoms with Crippen LogP contribution in [0.15, 0.2) is 0 Å². The molecule has 118 valence electrons. The molecule has 2 amide bonds. The molecule has 0 spiro atoms. The van der Waals surface area contributed by atoms with Gasteiger partial charge in [-0.25, -0.2) is 0 Å². The summed E-state index contributed by atoms with van der Waals surface area (Å²) in [7, 11) is 0. The van der Waals surface area contributed by atoms with Crippen LogP contribution in [-0.2, 0) is 14.3 Å². The lowest BCUT2D eigenvalue weighted by molar-refractivity contribution is -0.144. The molecule has 0 aromatic rings. The molecule has 0 N–H and O–H groups in total. The topological polar surface area (TPSA) is 53.1 Å². The summed E-state index contributed by atoms with van der Waals surface area (Å²) in [5.41, 5.74) is 0. The quantitative estimate of drug-likeness (QED) is 0.723. The highest BCUT2D eigenvalue weighted by atomic mass is 16.5. The largest absolute Gasteiger partial charge is 0.379 e. The molecule has 1 aliphatic carbocycles. The van der Waals surface area contributed by atoms with E-state index in [1.165, 1.54) is 6.42 Å². The van der Waals surface area contributed by atoms with E-state index in [0.717, 1.165) is 39.1 Å². The predicted molar refractivity (Wildman–Crippen MR) is 77.8 cm³/mol. The van der Waals surface area contributed by atoms with Gasteiger partial charge in [0.15, 0.2) is 0 Å². The van der Waals surface area contributed by atoms with Crippen LogP contribution in [0.1, 0.15) is 19.3 Å². The standard InChI is InChI=1S/C15H25N3O3/c19-14(12-16-8-10-21-11-9-16)17-4-6-18(7-5-17)15(20)13-2-1-3-13/h13H,1-12H2. The molecule has 6 heteroatoms. The maximum absolute atomic E-state index is 12.3. The zero-order valence-electron chi connectivity index (χ0n) is 12.6. The molecule has 2 saturated heterocycles. The van der Waals surface area contributed by atoms with Gasteiger partial charge < -0.3 is 14.5 Å². The second kappa shape index (κ2) is 6.75. The molecule has 0 aromatic carbocycles. The first-order valence-electron chi connectivity index (χ1n) is 8.11. The van der Waals surface area contributed by atoms with Gasteiger partial charge >= 0.3 is 0 Å². The molecule has 0 atom stereocenters. The van der Waals surface area contributed by atoms with Crippen molar-refractivity contribution in [2.24, 2.45) is 5.92 Å². The van der Waals surface area contributed by atoms with Crippen LogP contribution in [0.25, 0.3) is 0 Å². The highest BCUT2D eigenvalue weighted by molar-refractivity contribution is 5.81. The van der Waals surface area contributed by atoms with Crippen LogP contribution in [-0.4, -0.2) is 85.5 Å². The van der Waals surface area contributed by atoms with Crippen molar-refractivity contribution < 1.29 is 14.3 Å². The van der Waals surface area contributed by atoms with Crippen LogP contribution in [0.5, 0.6) is 0 Å². The Morgan fingerprint density at radius 2 is 1.52 bits per heavy atom. The van der Waals surface area contributed by atoms with Gasteiger partial charge in [-0.1, -0.05) is 6.42 Å². The molecular weight excluding hydrogens is 270 g/mol. The number of hydrogen-bond acceptors (Lipinski definition) is 4. The summed E-state index contributed by atoms with van der Waals surface area (Å²) in [6, 6.07) is 0. The van der Waals surface area contributed by atoms with Gasteiger partial charge in [0.05, 0.1) is 19.8 Å². The van der Waals surface area contributed by atoms with Gasteiger partial charge in [0, 0.05) is 45.2 Å². The number of amides is 2. The third-order valence-corrected chi connectivity index (χ3v) is 4.86. The fraction of sp³-hybridized carbons (Fsp3) is 0.867. The molecule has 0 unspecified atom stereocenters. The fourth-order valence-electron chi connectivity index (χ4n) is 3.14. The summed E-state index contributed by atoms with van der Waals surface area (Å²) >= 11 is 0. The summed E-state index contributed by atoms with van der Waals surface area (Å²) in [6.45, 7) is 6.36. The van der Waals surface area contributed by atoms with Crippen LogP contribution in [0, 0.1) is 5.92 Å². The average Bonchev–Trinajstić information content (AvgIpc) is 2.46. The second-order valence-electron chi connectivity index (χ2n) is 6.22. The molecule has 3 aliphatic rings. The Hall–Kier alpha value is -1.14. The number of piperazine rings is 1. The van der Waals surface area contributed by atoms with E-state index in [1.54, 1.807) is 0 Å². The normalized spacial score (nSPS) is 24.8. The van der Waals surface area contributed by atoms with Crippen molar-refractivity contribution in [1.29, 1.82) is 0 Å². The third-order valence-electron chi connectivity index (χ3n) is 4.86. The smallest absolute Gasteiger partial charge is 0.236 e. The van der Waals surface area contributed by atoms with Gasteiger partial charge in [0.25, 0.3) is 0 Å². The van der Waals surface area contributed by atoms with Crippen LogP contribution in [0.2, 0.25) is 0 Å². The minimum atomic E-state index is 0.188. The highest BCUT2D eigenvalue weighted by Crippen LogP contribution is 2.28. The first kappa shape index (κ1) is 14.8. The van der Waals surface area contributed by atoms with Gasteiger partial charge in [-0.3, -0.25) is 14.5 Å². The number of carbonyl (C=O) groups excluding carboxylic acids is 2. The Kier molecular flexibility index (Phi) is 4.75. The van der Waals surface area contributed by atoms with Crippen LogP contribution in [0.4, 0.5) is 0 Å². The number of rotatable bonds is 3. The molecule has 2 aliphatic heterocycles. The number of ether oxygens (including phenoxy) is 1. The zero-order valence-corrected chi connectivity index (χ0v) is 12.6. The van der Waals surface area contributed by atoms with Crippen molar-refractivity contribution in [1.82, 2.24) is 14.7 Å². The van der Waals surface area contributed by atoms with E-state index >= 15 is 0 Å². The number of carbonyl (C=O) groups is 2. The van der Waals surface area contributed by atoms with Crippen LogP contribution >= 0.6 is 0 Å². The Bertz CT molecular complexity index is 384. The Balaban J connectivity index is 1.42. The van der Waals surface area contributed by atoms with Crippen molar-refractivity contribution in [3.63, 3.8) is 0 Å². The van der Waals surface area contributed by atoms with Gasteiger partial charge in [-0.15, -0.1) is 0 Å². The number of morpholine rings is 1. The van der Waals surface area contributed by atoms with Gasteiger partial charge in [0.2, 0.25) is 11.8 Å². The van der Waals surface area contributed by atoms with E-state index in [4.69, 9.17) is 4.74 Å². The van der Waals surface area contributed by atoms with Crippen molar-refractivity contribution in [2.45, 2.75) is 19.3 Å². The van der Waals surface area contributed by atoms with E-state index in [2.05, 4.69) is 4.90 Å². The molecular formula is C15H25N3O3. The minimum Gasteiger partial charge on any atom is -0.379 e. The summed E-state index contributed by atoms with van der Waals surface area (Å²) in [5, 5.41) is 0. The first-order valence-corrected chi connectivity index (χ1v) is 8.11. The van der Waals surface area contributed by atoms with Crippen molar-refractivity contribution in [3.05, 3.63) is 0 Å². The first-order chi connectivity index (χ1) is 10.2. The Labute approximate surface area is 126 Å². The van der Waals surface area contributed by atoms with E-state index in [-0.39, 0.29) is 11.8 Å². The third kappa shape index (κ3) is 3.55. The fourth-order valence-corrected chi connectivity index (χ4v) is 3.14. The molecule has 2 heterocycles. The minimum absolute atomic E-state index is 0.188. The molecule has 0 aromatic heterocycles. The van der Waals surface area contributed by atoms with Gasteiger partial charge in [-0.2, -0.15) is 0 Å². The van der Waals surface area contributed by atoms with Crippen molar-refractivity contribution >= 4 is 11.8 Å².